The number of esters is 1. The van der Waals surface area contributed by atoms with Gasteiger partial charge in [0, 0.05) is 10.5 Å². The van der Waals surface area contributed by atoms with Gasteiger partial charge in [0.05, 0.1) is 17.6 Å². The SMILES string of the molecule is COC(=O)c1ccc(Br)c(C)c1C=C[N+](=O)[O-]. The topological polar surface area (TPSA) is 69.4 Å². The predicted molar refractivity (Wildman–Crippen MR) is 66.2 cm³/mol. The number of nitrogens with zero attached hydrogens (tertiary/aromatic N) is 1. The van der Waals surface area contributed by atoms with Gasteiger partial charge in [0.1, 0.15) is 0 Å². The zero-order valence-electron chi connectivity index (χ0n) is 9.27. The van der Waals surface area contributed by atoms with Gasteiger partial charge < -0.3 is 4.74 Å². The molecule has 0 bridgehead atoms. The second-order valence-corrected chi connectivity index (χ2v) is 4.08. The monoisotopic (exact) mass is 299 g/mol. The van der Waals surface area contributed by atoms with Crippen molar-refractivity contribution < 1.29 is 14.5 Å². The van der Waals surface area contributed by atoms with E-state index in [2.05, 4.69) is 20.7 Å². The molecule has 1 aromatic rings. The number of methoxy groups -OCH3 is 1. The van der Waals surface area contributed by atoms with Gasteiger partial charge in [-0.25, -0.2) is 4.79 Å². The van der Waals surface area contributed by atoms with Crippen LogP contribution in [0.4, 0.5) is 0 Å². The Morgan fingerprint density at radius 1 is 1.53 bits per heavy atom. The van der Waals surface area contributed by atoms with Crippen LogP contribution in [0.2, 0.25) is 0 Å². The second-order valence-electron chi connectivity index (χ2n) is 3.23. The number of hydrogen-bond donors (Lipinski definition) is 0. The van der Waals surface area contributed by atoms with Crippen molar-refractivity contribution in [2.45, 2.75) is 6.92 Å². The normalized spacial score (nSPS) is 10.5. The van der Waals surface area contributed by atoms with E-state index < -0.39 is 10.9 Å². The molecule has 1 aromatic carbocycles. The van der Waals surface area contributed by atoms with E-state index in [1.54, 1.807) is 19.1 Å². The molecule has 0 aliphatic rings. The summed E-state index contributed by atoms with van der Waals surface area (Å²) in [5.41, 5.74) is 1.51. The molecule has 6 heteroatoms. The molecular weight excluding hydrogens is 290 g/mol. The van der Waals surface area contributed by atoms with Crippen molar-refractivity contribution in [2.75, 3.05) is 7.11 Å². The van der Waals surface area contributed by atoms with E-state index in [0.717, 1.165) is 16.2 Å². The van der Waals surface area contributed by atoms with Gasteiger partial charge in [-0.15, -0.1) is 0 Å². The second kappa shape index (κ2) is 5.58. The van der Waals surface area contributed by atoms with Gasteiger partial charge in [0.2, 0.25) is 6.20 Å². The average molecular weight is 300 g/mol. The largest absolute Gasteiger partial charge is 0.465 e. The van der Waals surface area contributed by atoms with Crippen LogP contribution in [0.25, 0.3) is 6.08 Å². The minimum absolute atomic E-state index is 0.298. The van der Waals surface area contributed by atoms with E-state index in [9.17, 15) is 14.9 Å². The molecule has 0 aliphatic carbocycles. The third-order valence-electron chi connectivity index (χ3n) is 2.22. The Morgan fingerprint density at radius 2 is 2.18 bits per heavy atom. The van der Waals surface area contributed by atoms with Gasteiger partial charge in [-0.1, -0.05) is 15.9 Å². The Bertz CT molecular complexity index is 496. The fraction of sp³-hybridized carbons (Fsp3) is 0.182. The van der Waals surface area contributed by atoms with Gasteiger partial charge in [0.25, 0.3) is 0 Å². The highest BCUT2D eigenvalue weighted by molar-refractivity contribution is 9.10. The van der Waals surface area contributed by atoms with E-state index in [1.807, 2.05) is 0 Å². The number of carbonyl (C=O) groups is 1. The molecule has 0 heterocycles. The predicted octanol–water partition coefficient (Wildman–Crippen LogP) is 2.79. The highest BCUT2D eigenvalue weighted by Gasteiger charge is 2.14. The molecular formula is C11H10BrNO4. The van der Waals surface area contributed by atoms with E-state index in [0.29, 0.717) is 11.1 Å². The Kier molecular flexibility index (Phi) is 4.39. The summed E-state index contributed by atoms with van der Waals surface area (Å²) in [4.78, 5) is 21.2. The summed E-state index contributed by atoms with van der Waals surface area (Å²) < 4.78 is 5.39. The zero-order valence-corrected chi connectivity index (χ0v) is 10.9. The number of nitro groups is 1. The zero-order chi connectivity index (χ0) is 13.0. The number of carbonyl (C=O) groups excluding carboxylic acids is 1. The Hall–Kier alpha value is -1.69. The van der Waals surface area contributed by atoms with Crippen molar-refractivity contribution >= 4 is 28.0 Å². The van der Waals surface area contributed by atoms with Crippen LogP contribution >= 0.6 is 15.9 Å². The average Bonchev–Trinajstić information content (AvgIpc) is 2.29. The molecule has 0 aromatic heterocycles. The minimum Gasteiger partial charge on any atom is -0.465 e. The number of benzene rings is 1. The first-order chi connectivity index (χ1) is 7.97. The first kappa shape index (κ1) is 13.4. The maximum atomic E-state index is 11.5. The number of hydrogen-bond acceptors (Lipinski definition) is 4. The molecule has 0 unspecified atom stereocenters. The van der Waals surface area contributed by atoms with Crippen molar-refractivity contribution in [3.63, 3.8) is 0 Å². The molecule has 0 saturated heterocycles. The number of halogens is 1. The Labute approximate surface area is 106 Å². The van der Waals surface area contributed by atoms with Gasteiger partial charge >= 0.3 is 5.97 Å². The van der Waals surface area contributed by atoms with Crippen molar-refractivity contribution in [3.05, 3.63) is 49.6 Å². The molecule has 0 saturated carbocycles. The molecule has 1 rings (SSSR count). The summed E-state index contributed by atoms with van der Waals surface area (Å²) in [6.07, 6.45) is 2.08. The molecule has 0 atom stereocenters. The first-order valence-corrected chi connectivity index (χ1v) is 5.45. The lowest BCUT2D eigenvalue weighted by molar-refractivity contribution is -0.400. The van der Waals surface area contributed by atoms with Gasteiger partial charge in [0.15, 0.2) is 0 Å². The van der Waals surface area contributed by atoms with Gasteiger partial charge in [-0.3, -0.25) is 10.1 Å². The van der Waals surface area contributed by atoms with E-state index >= 15 is 0 Å². The van der Waals surface area contributed by atoms with E-state index in [1.165, 1.54) is 13.2 Å². The molecule has 0 aliphatic heterocycles. The fourth-order valence-corrected chi connectivity index (χ4v) is 1.69. The van der Waals surface area contributed by atoms with Crippen molar-refractivity contribution in [2.24, 2.45) is 0 Å². The summed E-state index contributed by atoms with van der Waals surface area (Å²) in [5, 5.41) is 10.3. The fourth-order valence-electron chi connectivity index (χ4n) is 1.34. The smallest absolute Gasteiger partial charge is 0.338 e. The summed E-state index contributed by atoms with van der Waals surface area (Å²) in [7, 11) is 1.26. The highest BCUT2D eigenvalue weighted by Crippen LogP contribution is 2.25. The van der Waals surface area contributed by atoms with Crippen LogP contribution in [-0.4, -0.2) is 18.0 Å². The summed E-state index contributed by atoms with van der Waals surface area (Å²) in [6, 6.07) is 3.26. The van der Waals surface area contributed by atoms with Crippen LogP contribution in [0, 0.1) is 17.0 Å². The molecule has 0 spiro atoms. The minimum atomic E-state index is -0.582. The summed E-state index contributed by atoms with van der Waals surface area (Å²) in [5.74, 6) is -0.524. The van der Waals surface area contributed by atoms with Crippen LogP contribution in [0.15, 0.2) is 22.8 Å². The summed E-state index contributed by atoms with van der Waals surface area (Å²) >= 11 is 3.30. The summed E-state index contributed by atoms with van der Waals surface area (Å²) in [6.45, 7) is 1.76. The van der Waals surface area contributed by atoms with Crippen LogP contribution < -0.4 is 0 Å². The lowest BCUT2D eigenvalue weighted by atomic mass is 10.0. The molecule has 0 amide bonds. The molecule has 17 heavy (non-hydrogen) atoms. The van der Waals surface area contributed by atoms with E-state index in [-0.39, 0.29) is 0 Å². The van der Waals surface area contributed by atoms with E-state index in [4.69, 9.17) is 0 Å². The van der Waals surface area contributed by atoms with Gasteiger partial charge in [-0.05, 0) is 30.2 Å². The van der Waals surface area contributed by atoms with Crippen molar-refractivity contribution in [1.82, 2.24) is 0 Å². The van der Waals surface area contributed by atoms with Crippen LogP contribution in [-0.2, 0) is 4.74 Å². The molecule has 0 N–H and O–H groups in total. The molecule has 5 nitrogen and oxygen atoms in total. The number of rotatable bonds is 3. The van der Waals surface area contributed by atoms with Crippen LogP contribution in [0.3, 0.4) is 0 Å². The Balaban J connectivity index is 3.36. The molecule has 0 fully saturated rings. The number of ether oxygens (including phenoxy) is 1. The lowest BCUT2D eigenvalue weighted by Crippen LogP contribution is -2.05. The molecule has 90 valence electrons. The maximum Gasteiger partial charge on any atom is 0.338 e. The first-order valence-electron chi connectivity index (χ1n) is 4.66. The van der Waals surface area contributed by atoms with Crippen LogP contribution in [0.5, 0.6) is 0 Å². The maximum absolute atomic E-state index is 11.5. The third-order valence-corrected chi connectivity index (χ3v) is 3.08. The van der Waals surface area contributed by atoms with Gasteiger partial charge in [-0.2, -0.15) is 0 Å². The standard InChI is InChI=1S/C11H10BrNO4/c1-7-8(5-6-13(15)16)9(11(14)17-2)3-4-10(7)12/h3-6H,1-2H3. The quantitative estimate of drug-likeness (QED) is 0.489. The highest BCUT2D eigenvalue weighted by atomic mass is 79.9. The molecule has 0 radical (unpaired) electrons. The Morgan fingerprint density at radius 3 is 2.71 bits per heavy atom. The van der Waals surface area contributed by atoms with Crippen LogP contribution in [0.1, 0.15) is 21.5 Å². The van der Waals surface area contributed by atoms with Crippen molar-refractivity contribution in [3.8, 4) is 0 Å². The third kappa shape index (κ3) is 3.13. The lowest BCUT2D eigenvalue weighted by Gasteiger charge is -2.08. The van der Waals surface area contributed by atoms with Crippen molar-refractivity contribution in [1.29, 1.82) is 0 Å².